The maximum absolute atomic E-state index is 5.70. The molecule has 2 rings (SSSR count). The first-order valence-electron chi connectivity index (χ1n) is 4.60. The van der Waals surface area contributed by atoms with Gasteiger partial charge in [0.25, 0.3) is 0 Å². The smallest absolute Gasteiger partial charge is 0.144 e. The maximum Gasteiger partial charge on any atom is 0.144 e. The lowest BCUT2D eigenvalue weighted by atomic mass is 10.2. The minimum absolute atomic E-state index is 0.774. The molecular weight excluding hydrogens is 254 g/mol. The van der Waals surface area contributed by atoms with Gasteiger partial charge in [0.05, 0.1) is 4.47 Å². The molecule has 0 amide bonds. The molecular formula is C12H10BrNO. The quantitative estimate of drug-likeness (QED) is 0.819. The normalized spacial score (nSPS) is 10.0. The van der Waals surface area contributed by atoms with Crippen LogP contribution >= 0.6 is 15.9 Å². The van der Waals surface area contributed by atoms with Gasteiger partial charge in [0, 0.05) is 18.5 Å². The molecule has 0 bridgehead atoms. The van der Waals surface area contributed by atoms with Crippen LogP contribution in [0.5, 0.6) is 11.5 Å². The summed E-state index contributed by atoms with van der Waals surface area (Å²) in [6.45, 7) is 2.04. The van der Waals surface area contributed by atoms with Crippen LogP contribution in [0.25, 0.3) is 0 Å². The van der Waals surface area contributed by atoms with Gasteiger partial charge in [0.15, 0.2) is 0 Å². The Bertz CT molecular complexity index is 471. The number of ether oxygens (including phenoxy) is 1. The first kappa shape index (κ1) is 10.2. The van der Waals surface area contributed by atoms with Gasteiger partial charge in [0.2, 0.25) is 0 Å². The van der Waals surface area contributed by atoms with E-state index in [4.69, 9.17) is 4.74 Å². The van der Waals surface area contributed by atoms with Crippen LogP contribution in [0.15, 0.2) is 47.2 Å². The summed E-state index contributed by atoms with van der Waals surface area (Å²) in [4.78, 5) is 3.98. The standard InChI is InChI=1S/C12H10BrNO/c1-9-3-2-4-10(7-9)15-12-5-6-14-8-11(12)13/h2-8H,1H3. The Labute approximate surface area is 97.1 Å². The van der Waals surface area contributed by atoms with Crippen molar-refractivity contribution in [2.75, 3.05) is 0 Å². The van der Waals surface area contributed by atoms with E-state index < -0.39 is 0 Å². The number of halogens is 1. The SMILES string of the molecule is Cc1cccc(Oc2ccncc2Br)c1. The molecule has 0 aliphatic carbocycles. The molecule has 0 spiro atoms. The fraction of sp³-hybridized carbons (Fsp3) is 0.0833. The summed E-state index contributed by atoms with van der Waals surface area (Å²) in [5.74, 6) is 1.61. The monoisotopic (exact) mass is 263 g/mol. The van der Waals surface area contributed by atoms with Crippen molar-refractivity contribution in [3.8, 4) is 11.5 Å². The Hall–Kier alpha value is -1.35. The van der Waals surface area contributed by atoms with Crippen LogP contribution in [0, 0.1) is 6.92 Å². The van der Waals surface area contributed by atoms with Crippen molar-refractivity contribution in [1.82, 2.24) is 4.98 Å². The summed E-state index contributed by atoms with van der Waals surface area (Å²) in [6.07, 6.45) is 3.42. The van der Waals surface area contributed by atoms with Gasteiger partial charge in [-0.2, -0.15) is 0 Å². The second kappa shape index (κ2) is 4.45. The number of rotatable bonds is 2. The molecule has 2 aromatic rings. The van der Waals surface area contributed by atoms with Crippen LogP contribution in [0.4, 0.5) is 0 Å². The first-order valence-corrected chi connectivity index (χ1v) is 5.39. The van der Waals surface area contributed by atoms with E-state index in [1.54, 1.807) is 12.4 Å². The zero-order chi connectivity index (χ0) is 10.7. The van der Waals surface area contributed by atoms with Crippen molar-refractivity contribution in [2.45, 2.75) is 6.92 Å². The molecule has 2 nitrogen and oxygen atoms in total. The second-order valence-electron chi connectivity index (χ2n) is 3.22. The van der Waals surface area contributed by atoms with Crippen molar-refractivity contribution in [3.63, 3.8) is 0 Å². The Morgan fingerprint density at radius 2 is 2.13 bits per heavy atom. The van der Waals surface area contributed by atoms with E-state index in [0.29, 0.717) is 0 Å². The molecule has 1 aromatic carbocycles. The molecule has 0 radical (unpaired) electrons. The Balaban J connectivity index is 2.26. The minimum atomic E-state index is 0.774. The van der Waals surface area contributed by atoms with Gasteiger partial charge in [-0.3, -0.25) is 4.98 Å². The summed E-state index contributed by atoms with van der Waals surface area (Å²) in [7, 11) is 0. The van der Waals surface area contributed by atoms with Crippen molar-refractivity contribution in [2.24, 2.45) is 0 Å². The summed E-state index contributed by atoms with van der Waals surface area (Å²) in [6, 6.07) is 9.76. The van der Waals surface area contributed by atoms with E-state index in [0.717, 1.165) is 16.0 Å². The van der Waals surface area contributed by atoms with Gasteiger partial charge >= 0.3 is 0 Å². The summed E-state index contributed by atoms with van der Waals surface area (Å²) in [5, 5.41) is 0. The predicted molar refractivity (Wildman–Crippen MR) is 63.2 cm³/mol. The van der Waals surface area contributed by atoms with Gasteiger partial charge < -0.3 is 4.74 Å². The van der Waals surface area contributed by atoms with Crippen LogP contribution in [0.2, 0.25) is 0 Å². The lowest BCUT2D eigenvalue weighted by Gasteiger charge is -2.07. The first-order chi connectivity index (χ1) is 7.25. The van der Waals surface area contributed by atoms with Gasteiger partial charge in [-0.15, -0.1) is 0 Å². The lowest BCUT2D eigenvalue weighted by Crippen LogP contribution is -1.86. The largest absolute Gasteiger partial charge is 0.456 e. The summed E-state index contributed by atoms with van der Waals surface area (Å²) < 4.78 is 6.56. The molecule has 1 aromatic heterocycles. The molecule has 0 saturated carbocycles. The van der Waals surface area contributed by atoms with Gasteiger partial charge in [-0.05, 0) is 40.5 Å². The van der Waals surface area contributed by atoms with E-state index in [1.807, 2.05) is 37.3 Å². The number of nitrogens with zero attached hydrogens (tertiary/aromatic N) is 1. The van der Waals surface area contributed by atoms with Crippen LogP contribution in [-0.2, 0) is 0 Å². The number of benzene rings is 1. The highest BCUT2D eigenvalue weighted by molar-refractivity contribution is 9.10. The third-order valence-corrected chi connectivity index (χ3v) is 2.55. The molecule has 15 heavy (non-hydrogen) atoms. The van der Waals surface area contributed by atoms with Crippen LogP contribution < -0.4 is 4.74 Å². The molecule has 0 atom stereocenters. The second-order valence-corrected chi connectivity index (χ2v) is 4.08. The summed E-state index contributed by atoms with van der Waals surface area (Å²) >= 11 is 3.38. The Morgan fingerprint density at radius 1 is 1.27 bits per heavy atom. The van der Waals surface area contributed by atoms with Crippen LogP contribution in [0.1, 0.15) is 5.56 Å². The maximum atomic E-state index is 5.70. The molecule has 0 aliphatic rings. The lowest BCUT2D eigenvalue weighted by molar-refractivity contribution is 0.478. The molecule has 0 saturated heterocycles. The average molecular weight is 264 g/mol. The molecule has 0 unspecified atom stereocenters. The Morgan fingerprint density at radius 3 is 2.87 bits per heavy atom. The Kier molecular flexibility index (Phi) is 3.02. The molecule has 1 heterocycles. The fourth-order valence-electron chi connectivity index (χ4n) is 1.25. The van der Waals surface area contributed by atoms with Crippen LogP contribution in [0.3, 0.4) is 0 Å². The molecule has 0 aliphatic heterocycles. The van der Waals surface area contributed by atoms with Crippen molar-refractivity contribution >= 4 is 15.9 Å². The number of hydrogen-bond acceptors (Lipinski definition) is 2. The number of pyridine rings is 1. The third kappa shape index (κ3) is 2.57. The highest BCUT2D eigenvalue weighted by Gasteiger charge is 2.01. The molecule has 76 valence electrons. The highest BCUT2D eigenvalue weighted by atomic mass is 79.9. The average Bonchev–Trinajstić information content (AvgIpc) is 2.22. The van der Waals surface area contributed by atoms with Crippen LogP contribution in [-0.4, -0.2) is 4.98 Å². The van der Waals surface area contributed by atoms with E-state index in [9.17, 15) is 0 Å². The van der Waals surface area contributed by atoms with Gasteiger partial charge in [0.1, 0.15) is 11.5 Å². The fourth-order valence-corrected chi connectivity index (χ4v) is 1.58. The van der Waals surface area contributed by atoms with E-state index in [1.165, 1.54) is 5.56 Å². The number of aryl methyl sites for hydroxylation is 1. The van der Waals surface area contributed by atoms with E-state index >= 15 is 0 Å². The van der Waals surface area contributed by atoms with Gasteiger partial charge in [-0.1, -0.05) is 12.1 Å². The van der Waals surface area contributed by atoms with Crippen molar-refractivity contribution in [1.29, 1.82) is 0 Å². The topological polar surface area (TPSA) is 22.1 Å². The van der Waals surface area contributed by atoms with E-state index in [2.05, 4.69) is 20.9 Å². The predicted octanol–water partition coefficient (Wildman–Crippen LogP) is 3.94. The highest BCUT2D eigenvalue weighted by Crippen LogP contribution is 2.28. The molecule has 0 N–H and O–H groups in total. The molecule has 3 heteroatoms. The number of aromatic nitrogens is 1. The molecule has 0 fully saturated rings. The van der Waals surface area contributed by atoms with Crippen molar-refractivity contribution in [3.05, 3.63) is 52.8 Å². The van der Waals surface area contributed by atoms with Crippen molar-refractivity contribution < 1.29 is 4.74 Å². The zero-order valence-electron chi connectivity index (χ0n) is 8.27. The third-order valence-electron chi connectivity index (χ3n) is 1.95. The minimum Gasteiger partial charge on any atom is -0.456 e. The number of hydrogen-bond donors (Lipinski definition) is 0. The zero-order valence-corrected chi connectivity index (χ0v) is 9.86. The summed E-state index contributed by atoms with van der Waals surface area (Å²) in [5.41, 5.74) is 1.18. The van der Waals surface area contributed by atoms with E-state index in [-0.39, 0.29) is 0 Å². The van der Waals surface area contributed by atoms with Gasteiger partial charge in [-0.25, -0.2) is 0 Å².